The predicted octanol–water partition coefficient (Wildman–Crippen LogP) is 2.27. The van der Waals surface area contributed by atoms with Gasteiger partial charge in [0.25, 0.3) is 0 Å². The summed E-state index contributed by atoms with van der Waals surface area (Å²) in [6.45, 7) is 5.33. The van der Waals surface area contributed by atoms with E-state index in [4.69, 9.17) is 5.73 Å². The number of fused-ring (bicyclic) bond motifs is 1. The summed E-state index contributed by atoms with van der Waals surface area (Å²) in [7, 11) is 0. The molecule has 2 amide bonds. The molecule has 1 aliphatic heterocycles. The molecule has 2 rings (SSSR count). The van der Waals surface area contributed by atoms with Crippen LogP contribution in [0.3, 0.4) is 0 Å². The number of nitrogens with two attached hydrogens (primary N) is 1. The van der Waals surface area contributed by atoms with E-state index in [1.165, 1.54) is 5.56 Å². The Kier molecular flexibility index (Phi) is 8.22. The molecular weight excluding hydrogens is 326 g/mol. The van der Waals surface area contributed by atoms with Crippen LogP contribution < -0.4 is 16.0 Å². The summed E-state index contributed by atoms with van der Waals surface area (Å²) < 4.78 is 0. The van der Waals surface area contributed by atoms with Crippen LogP contribution in [0.1, 0.15) is 38.7 Å². The van der Waals surface area contributed by atoms with E-state index in [2.05, 4.69) is 11.4 Å². The summed E-state index contributed by atoms with van der Waals surface area (Å²) in [5.41, 5.74) is 8.08. The molecular formula is C18H28ClN3O2. The Bertz CT molecular complexity index is 563. The highest BCUT2D eigenvalue weighted by Gasteiger charge is 2.23. The molecule has 0 unspecified atom stereocenters. The molecule has 1 aromatic carbocycles. The molecule has 0 bridgehead atoms. The maximum Gasteiger partial charge on any atom is 0.236 e. The number of anilines is 1. The zero-order chi connectivity index (χ0) is 16.8. The molecule has 0 saturated heterocycles. The van der Waals surface area contributed by atoms with Crippen LogP contribution in [-0.4, -0.2) is 30.9 Å². The summed E-state index contributed by atoms with van der Waals surface area (Å²) in [6.07, 6.45) is 2.67. The molecule has 1 heterocycles. The minimum absolute atomic E-state index is 0. The Hall–Kier alpha value is -1.59. The van der Waals surface area contributed by atoms with Gasteiger partial charge in [-0.2, -0.15) is 0 Å². The first kappa shape index (κ1) is 20.5. The first-order chi connectivity index (χ1) is 11.0. The number of hydrogen-bond donors (Lipinski definition) is 2. The van der Waals surface area contributed by atoms with Gasteiger partial charge in [0.05, 0.1) is 6.04 Å². The van der Waals surface area contributed by atoms with Gasteiger partial charge in [0.15, 0.2) is 0 Å². The van der Waals surface area contributed by atoms with Crippen LogP contribution in [-0.2, 0) is 16.0 Å². The van der Waals surface area contributed by atoms with Gasteiger partial charge in [0, 0.05) is 25.2 Å². The van der Waals surface area contributed by atoms with Crippen LogP contribution in [0.4, 0.5) is 5.69 Å². The van der Waals surface area contributed by atoms with Gasteiger partial charge in [-0.05, 0) is 36.8 Å². The second kappa shape index (κ2) is 9.64. The van der Waals surface area contributed by atoms with Crippen molar-refractivity contribution in [3.8, 4) is 0 Å². The average Bonchev–Trinajstić information content (AvgIpc) is 2.94. The van der Waals surface area contributed by atoms with Crippen LogP contribution in [0.2, 0.25) is 0 Å². The van der Waals surface area contributed by atoms with Crippen LogP contribution in [0.5, 0.6) is 0 Å². The fourth-order valence-corrected chi connectivity index (χ4v) is 2.93. The van der Waals surface area contributed by atoms with E-state index in [1.807, 2.05) is 36.9 Å². The third-order valence-corrected chi connectivity index (χ3v) is 4.12. The topological polar surface area (TPSA) is 75.4 Å². The van der Waals surface area contributed by atoms with Gasteiger partial charge in [-0.25, -0.2) is 0 Å². The minimum atomic E-state index is -0.462. The van der Waals surface area contributed by atoms with E-state index in [0.717, 1.165) is 18.7 Å². The van der Waals surface area contributed by atoms with Gasteiger partial charge in [-0.3, -0.25) is 9.59 Å². The SMILES string of the molecule is CC(C)C[C@H](N)C(=O)NCCCC(=O)N1CCc2ccccc21.Cl. The lowest BCUT2D eigenvalue weighted by Gasteiger charge is -2.18. The lowest BCUT2D eigenvalue weighted by Crippen LogP contribution is -2.42. The molecule has 0 aromatic heterocycles. The van der Waals surface area contributed by atoms with Gasteiger partial charge in [0.2, 0.25) is 11.8 Å². The molecule has 24 heavy (non-hydrogen) atoms. The number of nitrogens with zero attached hydrogens (tertiary/aromatic N) is 1. The molecule has 3 N–H and O–H groups in total. The molecule has 0 spiro atoms. The summed E-state index contributed by atoms with van der Waals surface area (Å²) in [6, 6.07) is 7.56. The average molecular weight is 354 g/mol. The van der Waals surface area contributed by atoms with Gasteiger partial charge < -0.3 is 16.0 Å². The monoisotopic (exact) mass is 353 g/mol. The van der Waals surface area contributed by atoms with Crippen molar-refractivity contribution >= 4 is 29.9 Å². The van der Waals surface area contributed by atoms with Crippen molar-refractivity contribution in [3.05, 3.63) is 29.8 Å². The van der Waals surface area contributed by atoms with Crippen molar-refractivity contribution in [2.45, 2.75) is 45.6 Å². The Morgan fingerprint density at radius 1 is 1.29 bits per heavy atom. The van der Waals surface area contributed by atoms with Crippen molar-refractivity contribution in [1.82, 2.24) is 5.32 Å². The van der Waals surface area contributed by atoms with E-state index in [9.17, 15) is 9.59 Å². The van der Waals surface area contributed by atoms with Crippen LogP contribution in [0, 0.1) is 5.92 Å². The van der Waals surface area contributed by atoms with Gasteiger partial charge >= 0.3 is 0 Å². The number of hydrogen-bond acceptors (Lipinski definition) is 3. The van der Waals surface area contributed by atoms with E-state index in [-0.39, 0.29) is 24.2 Å². The first-order valence-corrected chi connectivity index (χ1v) is 8.40. The van der Waals surface area contributed by atoms with E-state index >= 15 is 0 Å². The van der Waals surface area contributed by atoms with Crippen LogP contribution in [0.15, 0.2) is 24.3 Å². The Balaban J connectivity index is 0.00000288. The standard InChI is InChI=1S/C18H27N3O2.ClH/c1-13(2)12-15(19)18(23)20-10-5-8-17(22)21-11-9-14-6-3-4-7-16(14)21;/h3-4,6-7,13,15H,5,8-12,19H2,1-2H3,(H,20,23);1H/t15-;/m0./s1. The lowest BCUT2D eigenvalue weighted by molar-refractivity contribution is -0.123. The van der Waals surface area contributed by atoms with E-state index in [0.29, 0.717) is 31.7 Å². The van der Waals surface area contributed by atoms with Crippen molar-refractivity contribution in [3.63, 3.8) is 0 Å². The quantitative estimate of drug-likeness (QED) is 0.738. The third kappa shape index (κ3) is 5.49. The number of nitrogens with one attached hydrogen (secondary N) is 1. The minimum Gasteiger partial charge on any atom is -0.355 e. The Morgan fingerprint density at radius 3 is 2.71 bits per heavy atom. The van der Waals surface area contributed by atoms with Gasteiger partial charge in [-0.15, -0.1) is 12.4 Å². The molecule has 134 valence electrons. The van der Waals surface area contributed by atoms with Crippen molar-refractivity contribution in [2.24, 2.45) is 11.7 Å². The fraction of sp³-hybridized carbons (Fsp3) is 0.556. The summed E-state index contributed by atoms with van der Waals surface area (Å²) >= 11 is 0. The van der Waals surface area contributed by atoms with Gasteiger partial charge in [-0.1, -0.05) is 32.0 Å². The smallest absolute Gasteiger partial charge is 0.236 e. The predicted molar refractivity (Wildman–Crippen MR) is 99.4 cm³/mol. The zero-order valence-corrected chi connectivity index (χ0v) is 15.3. The second-order valence-corrected chi connectivity index (χ2v) is 6.55. The number of para-hydroxylation sites is 1. The number of carbonyl (C=O) groups excluding carboxylic acids is 2. The van der Waals surface area contributed by atoms with E-state index < -0.39 is 6.04 Å². The van der Waals surface area contributed by atoms with Crippen molar-refractivity contribution < 1.29 is 9.59 Å². The molecule has 5 nitrogen and oxygen atoms in total. The summed E-state index contributed by atoms with van der Waals surface area (Å²) in [5.74, 6) is 0.390. The molecule has 0 saturated carbocycles. The van der Waals surface area contributed by atoms with Crippen LogP contribution >= 0.6 is 12.4 Å². The Morgan fingerprint density at radius 2 is 2.00 bits per heavy atom. The molecule has 0 aliphatic carbocycles. The highest BCUT2D eigenvalue weighted by Crippen LogP contribution is 2.27. The summed E-state index contributed by atoms with van der Waals surface area (Å²) in [4.78, 5) is 26.0. The third-order valence-electron chi connectivity index (χ3n) is 4.12. The van der Waals surface area contributed by atoms with Crippen molar-refractivity contribution in [2.75, 3.05) is 18.0 Å². The lowest BCUT2D eigenvalue weighted by atomic mass is 10.0. The summed E-state index contributed by atoms with van der Waals surface area (Å²) in [5, 5.41) is 2.82. The van der Waals surface area contributed by atoms with Gasteiger partial charge in [0.1, 0.15) is 0 Å². The molecule has 1 aliphatic rings. The number of benzene rings is 1. The Labute approximate surface area is 150 Å². The highest BCUT2D eigenvalue weighted by atomic mass is 35.5. The van der Waals surface area contributed by atoms with E-state index in [1.54, 1.807) is 0 Å². The fourth-order valence-electron chi connectivity index (χ4n) is 2.93. The second-order valence-electron chi connectivity index (χ2n) is 6.55. The molecule has 1 aromatic rings. The number of halogens is 1. The largest absolute Gasteiger partial charge is 0.355 e. The highest BCUT2D eigenvalue weighted by molar-refractivity contribution is 5.95. The number of carbonyl (C=O) groups is 2. The number of amides is 2. The van der Waals surface area contributed by atoms with Crippen LogP contribution in [0.25, 0.3) is 0 Å². The normalized spacial score (nSPS) is 14.1. The first-order valence-electron chi connectivity index (χ1n) is 8.40. The molecule has 6 heteroatoms. The van der Waals surface area contributed by atoms with Crippen molar-refractivity contribution in [1.29, 1.82) is 0 Å². The number of rotatable bonds is 7. The molecule has 1 atom stereocenters. The molecule has 0 fully saturated rings. The maximum absolute atomic E-state index is 12.3. The molecule has 0 radical (unpaired) electrons. The maximum atomic E-state index is 12.3. The zero-order valence-electron chi connectivity index (χ0n) is 14.5.